The molecule has 1 N–H and O–H groups in total. The van der Waals surface area contributed by atoms with Gasteiger partial charge < -0.3 is 14.6 Å². The van der Waals surface area contributed by atoms with E-state index in [1.165, 1.54) is 18.7 Å². The number of aromatic amines is 1. The Labute approximate surface area is 197 Å². The van der Waals surface area contributed by atoms with Gasteiger partial charge in [-0.2, -0.15) is 0 Å². The van der Waals surface area contributed by atoms with Crippen molar-refractivity contribution in [3.05, 3.63) is 52.3 Å². The summed E-state index contributed by atoms with van der Waals surface area (Å²) in [5, 5.41) is 9.18. The second-order valence-corrected chi connectivity index (χ2v) is 9.67. The van der Waals surface area contributed by atoms with E-state index < -0.39 is 5.25 Å². The molecule has 9 heteroatoms. The molecule has 33 heavy (non-hydrogen) atoms. The van der Waals surface area contributed by atoms with Gasteiger partial charge in [-0.3, -0.25) is 14.2 Å². The summed E-state index contributed by atoms with van der Waals surface area (Å²) in [7, 11) is 0. The van der Waals surface area contributed by atoms with Crippen LogP contribution in [0.15, 0.2) is 29.4 Å². The molecule has 8 nitrogen and oxygen atoms in total. The van der Waals surface area contributed by atoms with Gasteiger partial charge in [0.25, 0.3) is 0 Å². The molecule has 1 aromatic carbocycles. The predicted molar refractivity (Wildman–Crippen MR) is 129 cm³/mol. The Kier molecular flexibility index (Phi) is 6.71. The molecule has 0 radical (unpaired) electrons. The number of morpholine rings is 1. The zero-order valence-corrected chi connectivity index (χ0v) is 20.5. The lowest BCUT2D eigenvalue weighted by atomic mass is 10.0. The van der Waals surface area contributed by atoms with E-state index in [1.807, 2.05) is 50.5 Å². The van der Waals surface area contributed by atoms with Gasteiger partial charge in [0, 0.05) is 24.3 Å². The minimum absolute atomic E-state index is 0.0463. The fourth-order valence-corrected chi connectivity index (χ4v) is 5.16. The van der Waals surface area contributed by atoms with E-state index in [-0.39, 0.29) is 11.6 Å². The number of carbonyl (C=O) groups excluding carboxylic acids is 2. The highest BCUT2D eigenvalue weighted by Gasteiger charge is 2.28. The molecular weight excluding hydrogens is 438 g/mol. The standard InChI is InChI=1S/C24H29N5O3S/c1-14-7-6-8-19(13-14)29-23(28-9-11-32-12-10-28)26-27-24(29)33-18(5)22(31)21-15(2)20(17(4)30)16(3)25-21/h6-8,13,18,25H,9-12H2,1-5H3. The van der Waals surface area contributed by atoms with Gasteiger partial charge in [0.1, 0.15) is 0 Å². The van der Waals surface area contributed by atoms with Crippen molar-refractivity contribution in [2.45, 2.75) is 45.0 Å². The van der Waals surface area contributed by atoms with E-state index in [1.54, 1.807) is 0 Å². The summed E-state index contributed by atoms with van der Waals surface area (Å²) < 4.78 is 7.52. The summed E-state index contributed by atoms with van der Waals surface area (Å²) in [4.78, 5) is 30.6. The first-order valence-corrected chi connectivity index (χ1v) is 11.9. The molecule has 1 atom stereocenters. The van der Waals surface area contributed by atoms with Gasteiger partial charge in [0.05, 0.1) is 29.8 Å². The molecule has 0 spiro atoms. The van der Waals surface area contributed by atoms with Crippen molar-refractivity contribution in [1.29, 1.82) is 0 Å². The van der Waals surface area contributed by atoms with Crippen LogP contribution < -0.4 is 4.90 Å². The largest absolute Gasteiger partial charge is 0.378 e. The SMILES string of the molecule is CC(=O)c1c(C)[nH]c(C(=O)C(C)Sc2nnc(N3CCOCC3)n2-c2cccc(C)c2)c1C. The molecule has 1 fully saturated rings. The zero-order valence-electron chi connectivity index (χ0n) is 19.6. The van der Waals surface area contributed by atoms with Crippen LogP contribution >= 0.6 is 11.8 Å². The number of Topliss-reactive ketones (excluding diaryl/α,β-unsaturated/α-hetero) is 2. The number of rotatable bonds is 7. The summed E-state index contributed by atoms with van der Waals surface area (Å²) in [6, 6.07) is 8.16. The molecule has 1 aliphatic heterocycles. The Balaban J connectivity index is 1.68. The number of hydrogen-bond donors (Lipinski definition) is 1. The Morgan fingerprint density at radius 2 is 1.88 bits per heavy atom. The van der Waals surface area contributed by atoms with Crippen LogP contribution in [-0.4, -0.2) is 62.9 Å². The first kappa shape index (κ1) is 23.3. The van der Waals surface area contributed by atoms with Crippen molar-refractivity contribution >= 4 is 29.3 Å². The fourth-order valence-electron chi connectivity index (χ4n) is 4.24. The van der Waals surface area contributed by atoms with Crippen LogP contribution in [-0.2, 0) is 4.74 Å². The van der Waals surface area contributed by atoms with Gasteiger partial charge in [-0.25, -0.2) is 0 Å². The van der Waals surface area contributed by atoms with Gasteiger partial charge in [0.2, 0.25) is 5.95 Å². The monoisotopic (exact) mass is 467 g/mol. The lowest BCUT2D eigenvalue weighted by molar-refractivity contribution is 0.0988. The fraction of sp³-hybridized carbons (Fsp3) is 0.417. The molecule has 2 aromatic heterocycles. The summed E-state index contributed by atoms with van der Waals surface area (Å²) in [6.07, 6.45) is 0. The Hall–Kier alpha value is -2.91. The molecule has 0 amide bonds. The van der Waals surface area contributed by atoms with Crippen LogP contribution in [0.4, 0.5) is 5.95 Å². The molecule has 174 valence electrons. The van der Waals surface area contributed by atoms with Crippen LogP contribution in [0.3, 0.4) is 0 Å². The molecule has 1 unspecified atom stereocenters. The second-order valence-electron chi connectivity index (χ2n) is 8.36. The van der Waals surface area contributed by atoms with Crippen LogP contribution in [0.5, 0.6) is 0 Å². The third-order valence-electron chi connectivity index (χ3n) is 5.86. The molecule has 4 rings (SSSR count). The maximum absolute atomic E-state index is 13.3. The number of hydrogen-bond acceptors (Lipinski definition) is 7. The summed E-state index contributed by atoms with van der Waals surface area (Å²) in [5.74, 6) is 0.631. The lowest BCUT2D eigenvalue weighted by Gasteiger charge is -2.28. The Bertz CT molecular complexity index is 1190. The molecule has 1 saturated heterocycles. The number of carbonyl (C=O) groups is 2. The smallest absolute Gasteiger partial charge is 0.232 e. The number of anilines is 1. The molecule has 0 bridgehead atoms. The minimum Gasteiger partial charge on any atom is -0.378 e. The van der Waals surface area contributed by atoms with Crippen molar-refractivity contribution in [2.75, 3.05) is 31.2 Å². The zero-order chi connectivity index (χ0) is 23.7. The lowest BCUT2D eigenvalue weighted by Crippen LogP contribution is -2.37. The molecule has 1 aliphatic rings. The molecule has 0 saturated carbocycles. The van der Waals surface area contributed by atoms with Gasteiger partial charge in [-0.1, -0.05) is 23.9 Å². The topological polar surface area (TPSA) is 93.1 Å². The first-order valence-electron chi connectivity index (χ1n) is 11.0. The van der Waals surface area contributed by atoms with Crippen LogP contribution in [0.2, 0.25) is 0 Å². The maximum atomic E-state index is 13.3. The third kappa shape index (κ3) is 4.60. The van der Waals surface area contributed by atoms with Gasteiger partial charge in [-0.05, 0) is 57.9 Å². The van der Waals surface area contributed by atoms with Crippen LogP contribution in [0.1, 0.15) is 51.5 Å². The molecule has 0 aliphatic carbocycles. The minimum atomic E-state index is -0.424. The van der Waals surface area contributed by atoms with Crippen molar-refractivity contribution in [3.8, 4) is 5.69 Å². The van der Waals surface area contributed by atoms with Crippen molar-refractivity contribution < 1.29 is 14.3 Å². The Morgan fingerprint density at radius 1 is 1.15 bits per heavy atom. The number of aryl methyl sites for hydroxylation is 2. The van der Waals surface area contributed by atoms with E-state index in [4.69, 9.17) is 4.74 Å². The quantitative estimate of drug-likeness (QED) is 0.416. The summed E-state index contributed by atoms with van der Waals surface area (Å²) in [6.45, 7) is 11.8. The number of nitrogens with one attached hydrogen (secondary N) is 1. The van der Waals surface area contributed by atoms with Crippen molar-refractivity contribution in [2.24, 2.45) is 0 Å². The van der Waals surface area contributed by atoms with Crippen molar-refractivity contribution in [3.63, 3.8) is 0 Å². The van der Waals surface area contributed by atoms with E-state index in [0.29, 0.717) is 35.2 Å². The van der Waals surface area contributed by atoms with Crippen LogP contribution in [0, 0.1) is 20.8 Å². The predicted octanol–water partition coefficient (Wildman–Crippen LogP) is 3.92. The number of H-pyrrole nitrogens is 1. The molecule has 3 heterocycles. The normalized spacial score (nSPS) is 15.0. The highest BCUT2D eigenvalue weighted by atomic mass is 32.2. The van der Waals surface area contributed by atoms with E-state index in [9.17, 15) is 9.59 Å². The van der Waals surface area contributed by atoms with E-state index >= 15 is 0 Å². The number of nitrogens with zero attached hydrogens (tertiary/aromatic N) is 4. The number of aromatic nitrogens is 4. The van der Waals surface area contributed by atoms with Gasteiger partial charge in [-0.15, -0.1) is 10.2 Å². The highest BCUT2D eigenvalue weighted by molar-refractivity contribution is 8.00. The number of thioether (sulfide) groups is 1. The Morgan fingerprint density at radius 3 is 2.52 bits per heavy atom. The average molecular weight is 468 g/mol. The van der Waals surface area contributed by atoms with Gasteiger partial charge in [0.15, 0.2) is 16.7 Å². The average Bonchev–Trinajstić information content (AvgIpc) is 3.33. The van der Waals surface area contributed by atoms with E-state index in [0.717, 1.165) is 36.0 Å². The first-order chi connectivity index (χ1) is 15.8. The second kappa shape index (κ2) is 9.52. The van der Waals surface area contributed by atoms with E-state index in [2.05, 4.69) is 26.1 Å². The number of ketones is 2. The summed E-state index contributed by atoms with van der Waals surface area (Å²) >= 11 is 1.37. The highest BCUT2D eigenvalue weighted by Crippen LogP contribution is 2.32. The number of ether oxygens (including phenoxy) is 1. The molecule has 3 aromatic rings. The van der Waals surface area contributed by atoms with Gasteiger partial charge >= 0.3 is 0 Å². The number of benzene rings is 1. The third-order valence-corrected chi connectivity index (χ3v) is 6.90. The molecular formula is C24H29N5O3S. The van der Waals surface area contributed by atoms with Crippen molar-refractivity contribution in [1.82, 2.24) is 19.7 Å². The van der Waals surface area contributed by atoms with Crippen LogP contribution in [0.25, 0.3) is 5.69 Å². The maximum Gasteiger partial charge on any atom is 0.232 e. The summed E-state index contributed by atoms with van der Waals surface area (Å²) in [5.41, 5.74) is 4.57.